The highest BCUT2D eigenvalue weighted by Crippen LogP contribution is 2.36. The molecule has 0 aromatic heterocycles. The summed E-state index contributed by atoms with van der Waals surface area (Å²) >= 11 is 6.02. The number of halogens is 1. The molecule has 0 saturated heterocycles. The van der Waals surface area contributed by atoms with E-state index in [-0.39, 0.29) is 11.3 Å². The highest BCUT2D eigenvalue weighted by atomic mass is 35.5. The highest BCUT2D eigenvalue weighted by Gasteiger charge is 2.40. The van der Waals surface area contributed by atoms with E-state index in [9.17, 15) is 9.59 Å². The van der Waals surface area contributed by atoms with Gasteiger partial charge in [-0.05, 0) is 54.1 Å². The molecule has 0 saturated carbocycles. The Hall–Kier alpha value is -4.28. The first kappa shape index (κ1) is 21.9. The van der Waals surface area contributed by atoms with Gasteiger partial charge in [0.15, 0.2) is 11.5 Å². The van der Waals surface area contributed by atoms with Gasteiger partial charge in [-0.3, -0.25) is 9.59 Å². The summed E-state index contributed by atoms with van der Waals surface area (Å²) in [6.45, 7) is 0. The molecule has 1 aliphatic heterocycles. The van der Waals surface area contributed by atoms with Crippen LogP contribution in [0, 0.1) is 11.3 Å². The number of anilines is 2. The van der Waals surface area contributed by atoms with Crippen LogP contribution in [-0.2, 0) is 9.59 Å². The Morgan fingerprint density at radius 2 is 1.55 bits per heavy atom. The summed E-state index contributed by atoms with van der Waals surface area (Å²) in [5.74, 6) is -0.0145. The molecule has 0 aliphatic carbocycles. The summed E-state index contributed by atoms with van der Waals surface area (Å²) in [6, 6.07) is 20.0. The zero-order chi connectivity index (χ0) is 23.5. The number of rotatable bonds is 6. The van der Waals surface area contributed by atoms with E-state index in [1.807, 2.05) is 6.07 Å². The third-order valence-corrected chi connectivity index (χ3v) is 5.38. The molecule has 3 aromatic rings. The third kappa shape index (κ3) is 4.12. The maximum atomic E-state index is 13.4. The molecule has 0 fully saturated rings. The van der Waals surface area contributed by atoms with Crippen LogP contribution in [0.1, 0.15) is 11.1 Å². The number of carbonyl (C=O) groups excluding carboxylic acids is 2. The molecule has 1 heterocycles. The Bertz CT molecular complexity index is 1310. The second-order valence-corrected chi connectivity index (χ2v) is 7.49. The number of nitrogens with zero attached hydrogens (tertiary/aromatic N) is 2. The van der Waals surface area contributed by atoms with Crippen LogP contribution in [0.3, 0.4) is 0 Å². The van der Waals surface area contributed by atoms with Crippen molar-refractivity contribution < 1.29 is 19.1 Å². The summed E-state index contributed by atoms with van der Waals surface area (Å²) in [5.41, 5.74) is 2.18. The topological polar surface area (TPSA) is 91.7 Å². The SMILES string of the molecule is COc1ccc(NC2=C(c3ccc(Cl)cc3)C(=O)N(c3ccc(C#N)cc3)C2=O)cc1OC. The first-order valence-corrected chi connectivity index (χ1v) is 10.2. The highest BCUT2D eigenvalue weighted by molar-refractivity contribution is 6.46. The van der Waals surface area contributed by atoms with Crippen LogP contribution in [0.4, 0.5) is 11.4 Å². The van der Waals surface area contributed by atoms with Crippen LogP contribution >= 0.6 is 11.6 Å². The predicted octanol–water partition coefficient (Wildman–Crippen LogP) is 4.63. The minimum Gasteiger partial charge on any atom is -0.493 e. The molecule has 0 radical (unpaired) electrons. The molecule has 3 aromatic carbocycles. The number of imide groups is 1. The molecule has 2 amide bonds. The van der Waals surface area contributed by atoms with Crippen LogP contribution in [0.25, 0.3) is 5.57 Å². The van der Waals surface area contributed by atoms with Crippen LogP contribution < -0.4 is 19.7 Å². The lowest BCUT2D eigenvalue weighted by molar-refractivity contribution is -0.120. The average Bonchev–Trinajstić information content (AvgIpc) is 3.08. The number of nitriles is 1. The Morgan fingerprint density at radius 1 is 0.879 bits per heavy atom. The van der Waals surface area contributed by atoms with E-state index >= 15 is 0 Å². The molecule has 33 heavy (non-hydrogen) atoms. The van der Waals surface area contributed by atoms with Gasteiger partial charge in [0.05, 0.1) is 37.1 Å². The van der Waals surface area contributed by atoms with Crippen LogP contribution in [-0.4, -0.2) is 26.0 Å². The van der Waals surface area contributed by atoms with Crippen molar-refractivity contribution in [3.8, 4) is 17.6 Å². The van der Waals surface area contributed by atoms with Crippen molar-refractivity contribution in [1.29, 1.82) is 5.26 Å². The van der Waals surface area contributed by atoms with Gasteiger partial charge in [0.2, 0.25) is 0 Å². The second-order valence-electron chi connectivity index (χ2n) is 7.06. The van der Waals surface area contributed by atoms with E-state index in [0.29, 0.717) is 39.0 Å². The Morgan fingerprint density at radius 3 is 2.15 bits per heavy atom. The lowest BCUT2D eigenvalue weighted by Crippen LogP contribution is -2.32. The van der Waals surface area contributed by atoms with E-state index in [0.717, 1.165) is 4.90 Å². The molecular formula is C25H18ClN3O4. The van der Waals surface area contributed by atoms with Crippen molar-refractivity contribution in [3.05, 3.63) is 88.6 Å². The summed E-state index contributed by atoms with van der Waals surface area (Å²) in [5, 5.41) is 12.6. The fraction of sp³-hybridized carbons (Fsp3) is 0.0800. The summed E-state index contributed by atoms with van der Waals surface area (Å²) in [4.78, 5) is 28.0. The van der Waals surface area contributed by atoms with Crippen molar-refractivity contribution in [3.63, 3.8) is 0 Å². The molecule has 4 rings (SSSR count). The van der Waals surface area contributed by atoms with Crippen LogP contribution in [0.2, 0.25) is 5.02 Å². The average molecular weight is 460 g/mol. The molecule has 164 valence electrons. The number of benzene rings is 3. The number of amides is 2. The fourth-order valence-corrected chi connectivity index (χ4v) is 3.63. The van der Waals surface area contributed by atoms with Gasteiger partial charge in [0.25, 0.3) is 11.8 Å². The summed E-state index contributed by atoms with van der Waals surface area (Å²) < 4.78 is 10.6. The quantitative estimate of drug-likeness (QED) is 0.540. The van der Waals surface area contributed by atoms with Gasteiger partial charge >= 0.3 is 0 Å². The van der Waals surface area contributed by atoms with Crippen molar-refractivity contribution in [2.75, 3.05) is 24.4 Å². The van der Waals surface area contributed by atoms with Gasteiger partial charge in [-0.2, -0.15) is 5.26 Å². The fourth-order valence-electron chi connectivity index (χ4n) is 3.51. The number of methoxy groups -OCH3 is 2. The molecular weight excluding hydrogens is 442 g/mol. The van der Waals surface area contributed by atoms with Crippen molar-refractivity contribution in [2.24, 2.45) is 0 Å². The Labute approximate surface area is 195 Å². The lowest BCUT2D eigenvalue weighted by atomic mass is 10.0. The maximum absolute atomic E-state index is 13.4. The van der Waals surface area contributed by atoms with Crippen LogP contribution in [0.5, 0.6) is 11.5 Å². The number of carbonyl (C=O) groups is 2. The number of hydrogen-bond donors (Lipinski definition) is 1. The first-order valence-electron chi connectivity index (χ1n) is 9.85. The van der Waals surface area contributed by atoms with Gasteiger partial charge < -0.3 is 14.8 Å². The van der Waals surface area contributed by atoms with E-state index in [1.54, 1.807) is 66.7 Å². The molecule has 7 nitrogen and oxygen atoms in total. The first-order chi connectivity index (χ1) is 16.0. The number of hydrogen-bond acceptors (Lipinski definition) is 6. The number of nitrogens with one attached hydrogen (secondary N) is 1. The van der Waals surface area contributed by atoms with Gasteiger partial charge in [-0.15, -0.1) is 0 Å². The lowest BCUT2D eigenvalue weighted by Gasteiger charge is -2.16. The van der Waals surface area contributed by atoms with Gasteiger partial charge in [-0.25, -0.2) is 4.90 Å². The maximum Gasteiger partial charge on any atom is 0.282 e. The van der Waals surface area contributed by atoms with E-state index in [4.69, 9.17) is 26.3 Å². The van der Waals surface area contributed by atoms with E-state index in [2.05, 4.69) is 5.32 Å². The Kier molecular flexibility index (Phi) is 6.03. The minimum atomic E-state index is -0.524. The van der Waals surface area contributed by atoms with E-state index < -0.39 is 11.8 Å². The molecule has 1 aliphatic rings. The van der Waals surface area contributed by atoms with Gasteiger partial charge in [0.1, 0.15) is 5.70 Å². The zero-order valence-electron chi connectivity index (χ0n) is 17.8. The normalized spacial score (nSPS) is 13.2. The van der Waals surface area contributed by atoms with Gasteiger partial charge in [-0.1, -0.05) is 23.7 Å². The smallest absolute Gasteiger partial charge is 0.282 e. The second kappa shape index (κ2) is 9.07. The molecule has 1 N–H and O–H groups in total. The molecule has 0 spiro atoms. The minimum absolute atomic E-state index is 0.110. The largest absolute Gasteiger partial charge is 0.493 e. The molecule has 0 bridgehead atoms. The van der Waals surface area contributed by atoms with Crippen LogP contribution in [0.15, 0.2) is 72.4 Å². The van der Waals surface area contributed by atoms with Crippen molar-refractivity contribution in [1.82, 2.24) is 0 Å². The molecule has 0 unspecified atom stereocenters. The standard InChI is InChI=1S/C25H18ClN3O4/c1-32-20-12-9-18(13-21(20)33-2)28-23-22(16-5-7-17(26)8-6-16)24(30)29(25(23)31)19-10-3-15(14-27)4-11-19/h3-13,28H,1-2H3. The third-order valence-electron chi connectivity index (χ3n) is 5.12. The van der Waals surface area contributed by atoms with Crippen molar-refractivity contribution in [2.45, 2.75) is 0 Å². The number of ether oxygens (including phenoxy) is 2. The van der Waals surface area contributed by atoms with Crippen molar-refractivity contribution >= 4 is 40.4 Å². The summed E-state index contributed by atoms with van der Waals surface area (Å²) in [6.07, 6.45) is 0. The summed E-state index contributed by atoms with van der Waals surface area (Å²) in [7, 11) is 3.04. The molecule has 8 heteroatoms. The zero-order valence-corrected chi connectivity index (χ0v) is 18.5. The van der Waals surface area contributed by atoms with E-state index in [1.165, 1.54) is 14.2 Å². The van der Waals surface area contributed by atoms with Gasteiger partial charge in [0, 0.05) is 16.8 Å². The molecule has 0 atom stereocenters. The monoisotopic (exact) mass is 459 g/mol. The predicted molar refractivity (Wildman–Crippen MR) is 125 cm³/mol. The Balaban J connectivity index is 1.80.